The number of para-hydroxylation sites is 2. The Morgan fingerprint density at radius 3 is 1.16 bits per heavy atom. The zero-order valence-electron chi connectivity index (χ0n) is 30.0. The van der Waals surface area contributed by atoms with Crippen LogP contribution in [0.1, 0.15) is 0 Å². The molecule has 0 bridgehead atoms. The zero-order chi connectivity index (χ0) is 36.6. The summed E-state index contributed by atoms with van der Waals surface area (Å²) in [5, 5.41) is 2.52. The van der Waals surface area contributed by atoms with Gasteiger partial charge in [0.1, 0.15) is 0 Å². The van der Waals surface area contributed by atoms with Gasteiger partial charge in [0.05, 0.1) is 22.4 Å². The lowest BCUT2D eigenvalue weighted by molar-refractivity contribution is 1.18. The summed E-state index contributed by atoms with van der Waals surface area (Å²) in [4.78, 5) is 10.5. The van der Waals surface area contributed by atoms with Crippen LogP contribution in [0, 0.1) is 0 Å². The molecule has 2 aromatic heterocycles. The fraction of sp³-hybridized carbons (Fsp3) is 0. The fourth-order valence-electron chi connectivity index (χ4n) is 7.69. The van der Waals surface area contributed by atoms with Crippen molar-refractivity contribution in [1.29, 1.82) is 0 Å². The third-order valence-corrected chi connectivity index (χ3v) is 10.4. The van der Waals surface area contributed by atoms with Gasteiger partial charge in [-0.1, -0.05) is 164 Å². The predicted octanol–water partition coefficient (Wildman–Crippen LogP) is 13.6. The number of nitrogens with zero attached hydrogens (tertiary/aromatic N) is 3. The molecule has 10 aromatic rings. The molecule has 0 amide bonds. The topological polar surface area (TPSA) is 30.7 Å². The van der Waals surface area contributed by atoms with Crippen molar-refractivity contribution in [2.45, 2.75) is 0 Å². The first-order valence-electron chi connectivity index (χ1n) is 18.7. The normalized spacial score (nSPS) is 11.3. The van der Waals surface area contributed by atoms with Crippen molar-refractivity contribution >= 4 is 21.8 Å². The van der Waals surface area contributed by atoms with E-state index < -0.39 is 0 Å². The van der Waals surface area contributed by atoms with Crippen molar-refractivity contribution in [2.75, 3.05) is 0 Å². The molecule has 0 unspecified atom stereocenters. The Balaban J connectivity index is 1.06. The smallest absolute Gasteiger partial charge is 0.160 e. The Hall–Kier alpha value is -7.36. The quantitative estimate of drug-likeness (QED) is 0.166. The monoisotopic (exact) mass is 701 g/mol. The molecule has 2 heterocycles. The van der Waals surface area contributed by atoms with Crippen molar-refractivity contribution in [3.05, 3.63) is 212 Å². The Labute approximate surface area is 320 Å². The van der Waals surface area contributed by atoms with Crippen molar-refractivity contribution in [1.82, 2.24) is 14.5 Å². The minimum absolute atomic E-state index is 0.691. The van der Waals surface area contributed by atoms with Crippen LogP contribution in [-0.4, -0.2) is 14.5 Å². The van der Waals surface area contributed by atoms with Gasteiger partial charge in [0.2, 0.25) is 0 Å². The van der Waals surface area contributed by atoms with Gasteiger partial charge in [0, 0.05) is 33.2 Å². The molecule has 0 aliphatic rings. The van der Waals surface area contributed by atoms with Crippen LogP contribution in [-0.2, 0) is 0 Å². The molecule has 0 fully saturated rings. The van der Waals surface area contributed by atoms with Crippen LogP contribution < -0.4 is 0 Å². The molecular formula is C52H35N3. The molecule has 10 rings (SSSR count). The van der Waals surface area contributed by atoms with E-state index >= 15 is 0 Å². The van der Waals surface area contributed by atoms with E-state index in [1.165, 1.54) is 27.4 Å². The maximum Gasteiger partial charge on any atom is 0.160 e. The van der Waals surface area contributed by atoms with Crippen LogP contribution in [0.5, 0.6) is 0 Å². The lowest BCUT2D eigenvalue weighted by Crippen LogP contribution is -1.97. The van der Waals surface area contributed by atoms with Crippen molar-refractivity contribution in [3.63, 3.8) is 0 Å². The van der Waals surface area contributed by atoms with Crippen molar-refractivity contribution in [2.24, 2.45) is 0 Å². The van der Waals surface area contributed by atoms with Crippen LogP contribution >= 0.6 is 0 Å². The first-order chi connectivity index (χ1) is 27.2. The highest BCUT2D eigenvalue weighted by atomic mass is 15.0. The van der Waals surface area contributed by atoms with Gasteiger partial charge in [-0.3, -0.25) is 0 Å². The third kappa shape index (κ3) is 6.18. The standard InChI is InChI=1S/C52H35N3/c1-3-14-36(15-4-1)39-18-11-21-42(32-39)48-35-49(54-52(53-48)44-23-13-20-41(34-44)37-16-5-2-6-17-37)43-22-12-19-40(33-43)38-28-30-45(31-29-38)55-50-26-9-7-24-46(50)47-25-8-10-27-51(47)55/h1-35H. The van der Waals surface area contributed by atoms with E-state index in [9.17, 15) is 0 Å². The van der Waals surface area contributed by atoms with Gasteiger partial charge in [0.15, 0.2) is 5.82 Å². The Bertz CT molecular complexity index is 2810. The molecule has 8 aromatic carbocycles. The molecule has 0 spiro atoms. The molecule has 0 radical (unpaired) electrons. The Morgan fingerprint density at radius 2 is 0.655 bits per heavy atom. The van der Waals surface area contributed by atoms with Gasteiger partial charge < -0.3 is 4.57 Å². The summed E-state index contributed by atoms with van der Waals surface area (Å²) in [6.07, 6.45) is 0. The number of hydrogen-bond acceptors (Lipinski definition) is 2. The molecule has 0 saturated carbocycles. The number of aromatic nitrogens is 3. The molecule has 3 nitrogen and oxygen atoms in total. The van der Waals surface area contributed by atoms with Gasteiger partial charge in [-0.25, -0.2) is 9.97 Å². The van der Waals surface area contributed by atoms with Crippen molar-refractivity contribution in [3.8, 4) is 73.0 Å². The molecule has 0 atom stereocenters. The number of fused-ring (bicyclic) bond motifs is 3. The maximum absolute atomic E-state index is 5.24. The predicted molar refractivity (Wildman–Crippen MR) is 229 cm³/mol. The molecule has 0 N–H and O–H groups in total. The average molecular weight is 702 g/mol. The highest BCUT2D eigenvalue weighted by molar-refractivity contribution is 6.09. The summed E-state index contributed by atoms with van der Waals surface area (Å²) in [6.45, 7) is 0. The molecule has 0 saturated heterocycles. The van der Waals surface area contributed by atoms with Crippen LogP contribution in [0.3, 0.4) is 0 Å². The van der Waals surface area contributed by atoms with Gasteiger partial charge in [-0.15, -0.1) is 0 Å². The van der Waals surface area contributed by atoms with E-state index in [-0.39, 0.29) is 0 Å². The summed E-state index contributed by atoms with van der Waals surface area (Å²) < 4.78 is 2.36. The second kappa shape index (κ2) is 13.9. The van der Waals surface area contributed by atoms with Gasteiger partial charge >= 0.3 is 0 Å². The second-order valence-electron chi connectivity index (χ2n) is 13.9. The number of rotatable bonds is 7. The van der Waals surface area contributed by atoms with Gasteiger partial charge in [-0.2, -0.15) is 0 Å². The van der Waals surface area contributed by atoms with E-state index in [1.54, 1.807) is 0 Å². The summed E-state index contributed by atoms with van der Waals surface area (Å²) in [5.41, 5.74) is 15.2. The second-order valence-corrected chi connectivity index (χ2v) is 13.9. The first kappa shape index (κ1) is 32.3. The largest absolute Gasteiger partial charge is 0.309 e. The molecule has 258 valence electrons. The third-order valence-electron chi connectivity index (χ3n) is 10.4. The Kier molecular flexibility index (Phi) is 8.16. The summed E-state index contributed by atoms with van der Waals surface area (Å²) in [5.74, 6) is 0.691. The molecule has 0 aliphatic heterocycles. The van der Waals surface area contributed by atoms with Crippen LogP contribution in [0.25, 0.3) is 94.8 Å². The van der Waals surface area contributed by atoms with Crippen LogP contribution in [0.2, 0.25) is 0 Å². The molecular weight excluding hydrogens is 667 g/mol. The first-order valence-corrected chi connectivity index (χ1v) is 18.7. The van der Waals surface area contributed by atoms with Gasteiger partial charge in [-0.05, 0) is 81.9 Å². The van der Waals surface area contributed by atoms with Crippen molar-refractivity contribution < 1.29 is 0 Å². The minimum Gasteiger partial charge on any atom is -0.309 e. The van der Waals surface area contributed by atoms with E-state index in [0.717, 1.165) is 61.6 Å². The molecule has 0 aliphatic carbocycles. The SMILES string of the molecule is c1ccc(-c2cccc(-c3cc(-c4cccc(-c5ccc(-n6c7ccccc7c7ccccc76)cc5)c4)nc(-c4cccc(-c5ccccc5)c4)n3)c2)cc1. The van der Waals surface area contributed by atoms with Gasteiger partial charge in [0.25, 0.3) is 0 Å². The zero-order valence-corrected chi connectivity index (χ0v) is 30.0. The lowest BCUT2D eigenvalue weighted by Gasteiger charge is -2.13. The fourth-order valence-corrected chi connectivity index (χ4v) is 7.69. The van der Waals surface area contributed by atoms with Crippen LogP contribution in [0.4, 0.5) is 0 Å². The van der Waals surface area contributed by atoms with E-state index in [1.807, 2.05) is 12.1 Å². The van der Waals surface area contributed by atoms with E-state index in [4.69, 9.17) is 9.97 Å². The average Bonchev–Trinajstić information content (AvgIpc) is 3.61. The van der Waals surface area contributed by atoms with E-state index in [0.29, 0.717) is 5.82 Å². The molecule has 3 heteroatoms. The number of benzene rings is 8. The molecule has 55 heavy (non-hydrogen) atoms. The minimum atomic E-state index is 0.691. The Morgan fingerprint density at radius 1 is 0.273 bits per heavy atom. The summed E-state index contributed by atoms with van der Waals surface area (Å²) in [6, 6.07) is 75.1. The highest BCUT2D eigenvalue weighted by Gasteiger charge is 2.15. The summed E-state index contributed by atoms with van der Waals surface area (Å²) in [7, 11) is 0. The highest BCUT2D eigenvalue weighted by Crippen LogP contribution is 2.35. The number of hydrogen-bond donors (Lipinski definition) is 0. The maximum atomic E-state index is 5.24. The summed E-state index contributed by atoms with van der Waals surface area (Å²) >= 11 is 0. The van der Waals surface area contributed by atoms with E-state index in [2.05, 4.69) is 205 Å². The lowest BCUT2D eigenvalue weighted by atomic mass is 9.98. The van der Waals surface area contributed by atoms with Crippen LogP contribution in [0.15, 0.2) is 212 Å².